The molecule has 2 aromatic carbocycles. The number of anilines is 4. The van der Waals surface area contributed by atoms with Crippen LogP contribution in [0.25, 0.3) is 10.9 Å². The van der Waals surface area contributed by atoms with Gasteiger partial charge in [-0.15, -0.1) is 0 Å². The first-order valence-corrected chi connectivity index (χ1v) is 23.0. The SMILES string of the molecule is C=C1C[C@H]2C=Nc3cc(OCCCC(=O)Nc4cn(C)c(C(=O)Nc5cc(C(=O)Nc6cc(C(=O)n7ccc8cc(N)ccc87)n(C)c6)n(C)c5)n4)c(OC(C)(C)CCOC(C)(C)C)cc3C(=O)N2C1. The van der Waals surface area contributed by atoms with Crippen LogP contribution in [0.5, 0.6) is 11.5 Å². The average Bonchev–Trinajstić information content (AvgIpc) is 4.10. The van der Waals surface area contributed by atoms with Gasteiger partial charge >= 0.3 is 0 Å². The molecule has 2 aliphatic heterocycles. The Morgan fingerprint density at radius 3 is 2.30 bits per heavy atom. The zero-order valence-corrected chi connectivity index (χ0v) is 40.7. The van der Waals surface area contributed by atoms with E-state index in [0.29, 0.717) is 83.4 Å². The number of aromatic nitrogens is 5. The van der Waals surface area contributed by atoms with Crippen molar-refractivity contribution in [3.8, 4) is 11.5 Å². The second-order valence-corrected chi connectivity index (χ2v) is 19.3. The molecule has 0 spiro atoms. The molecule has 2 aliphatic rings. The van der Waals surface area contributed by atoms with Gasteiger partial charge in [-0.2, -0.15) is 0 Å². The predicted molar refractivity (Wildman–Crippen MR) is 268 cm³/mol. The first-order valence-electron chi connectivity index (χ1n) is 23.0. The van der Waals surface area contributed by atoms with Crippen LogP contribution in [-0.4, -0.2) is 101 Å². The summed E-state index contributed by atoms with van der Waals surface area (Å²) in [7, 11) is 5.01. The highest BCUT2D eigenvalue weighted by Gasteiger charge is 2.35. The molecule has 1 saturated heterocycles. The number of amides is 4. The fraction of sp³-hybridized carbons (Fsp3) is 0.353. The summed E-state index contributed by atoms with van der Waals surface area (Å²) in [5, 5.41) is 9.19. The Balaban J connectivity index is 0.858. The lowest BCUT2D eigenvalue weighted by Crippen LogP contribution is -2.35. The van der Waals surface area contributed by atoms with E-state index in [1.54, 1.807) is 96.4 Å². The van der Waals surface area contributed by atoms with Gasteiger partial charge in [0.25, 0.3) is 23.6 Å². The van der Waals surface area contributed by atoms with E-state index in [-0.39, 0.29) is 59.7 Å². The number of ether oxygens (including phenoxy) is 3. The number of hydrogen-bond acceptors (Lipinski definition) is 11. The third-order valence-electron chi connectivity index (χ3n) is 11.9. The fourth-order valence-corrected chi connectivity index (χ4v) is 8.38. The zero-order chi connectivity index (χ0) is 50.2. The molecular formula is C51H59N11O8. The third kappa shape index (κ3) is 10.8. The van der Waals surface area contributed by atoms with Gasteiger partial charge in [0.2, 0.25) is 11.7 Å². The minimum atomic E-state index is -0.686. The predicted octanol–water partition coefficient (Wildman–Crippen LogP) is 7.47. The number of nitrogen functional groups attached to an aromatic ring is 1. The summed E-state index contributed by atoms with van der Waals surface area (Å²) in [4.78, 5) is 78.1. The maximum absolute atomic E-state index is 13.8. The van der Waals surface area contributed by atoms with Crippen LogP contribution in [0.3, 0.4) is 0 Å². The van der Waals surface area contributed by atoms with Gasteiger partial charge in [0, 0.05) is 88.7 Å². The van der Waals surface area contributed by atoms with Gasteiger partial charge in [-0.1, -0.05) is 12.2 Å². The summed E-state index contributed by atoms with van der Waals surface area (Å²) in [6.45, 7) is 15.0. The Kier molecular flexibility index (Phi) is 13.3. The molecule has 19 heteroatoms. The number of nitrogens with two attached hydrogens (primary N) is 1. The van der Waals surface area contributed by atoms with Gasteiger partial charge < -0.3 is 54.5 Å². The van der Waals surface area contributed by atoms with Crippen LogP contribution in [0.1, 0.15) is 102 Å². The quantitative estimate of drug-likeness (QED) is 0.0425. The van der Waals surface area contributed by atoms with E-state index < -0.39 is 17.4 Å². The van der Waals surface area contributed by atoms with E-state index in [0.717, 1.165) is 11.0 Å². The molecular weight excluding hydrogens is 895 g/mol. The lowest BCUT2D eigenvalue weighted by atomic mass is 10.0. The van der Waals surface area contributed by atoms with Gasteiger partial charge in [-0.3, -0.25) is 33.5 Å². The number of nitrogens with zero attached hydrogens (tertiary/aromatic N) is 7. The molecule has 4 amide bonds. The molecule has 0 radical (unpaired) electrons. The maximum atomic E-state index is 13.8. The maximum Gasteiger partial charge on any atom is 0.291 e. The van der Waals surface area contributed by atoms with Crippen LogP contribution in [-0.2, 0) is 30.7 Å². The van der Waals surface area contributed by atoms with Crippen molar-refractivity contribution in [2.75, 3.05) is 41.4 Å². The van der Waals surface area contributed by atoms with Gasteiger partial charge in [0.1, 0.15) is 17.0 Å². The highest BCUT2D eigenvalue weighted by atomic mass is 16.5. The largest absolute Gasteiger partial charge is 0.490 e. The molecule has 4 aromatic heterocycles. The van der Waals surface area contributed by atoms with Crippen molar-refractivity contribution in [2.45, 2.75) is 77.5 Å². The van der Waals surface area contributed by atoms with Crippen LogP contribution < -0.4 is 31.2 Å². The van der Waals surface area contributed by atoms with Crippen LogP contribution in [0.4, 0.5) is 28.6 Å². The van der Waals surface area contributed by atoms with Gasteiger partial charge in [-0.25, -0.2) is 4.98 Å². The van der Waals surface area contributed by atoms with Crippen molar-refractivity contribution in [2.24, 2.45) is 26.1 Å². The minimum Gasteiger partial charge on any atom is -0.490 e. The molecule has 366 valence electrons. The molecule has 0 saturated carbocycles. The van der Waals surface area contributed by atoms with E-state index in [2.05, 4.69) is 32.5 Å². The van der Waals surface area contributed by atoms with E-state index in [1.807, 2.05) is 40.7 Å². The number of carbonyl (C=O) groups excluding carboxylic acids is 5. The Labute approximate surface area is 405 Å². The second-order valence-electron chi connectivity index (χ2n) is 19.3. The molecule has 6 aromatic rings. The number of rotatable bonds is 16. The number of nitrogens with one attached hydrogen (secondary N) is 3. The van der Waals surface area contributed by atoms with Crippen molar-refractivity contribution in [3.05, 3.63) is 108 Å². The average molecular weight is 954 g/mol. The highest BCUT2D eigenvalue weighted by molar-refractivity contribution is 6.08. The fourth-order valence-electron chi connectivity index (χ4n) is 8.38. The number of aryl methyl sites for hydroxylation is 3. The molecule has 1 atom stereocenters. The minimum absolute atomic E-state index is 0.0176. The number of benzene rings is 2. The Morgan fingerprint density at radius 1 is 0.843 bits per heavy atom. The summed E-state index contributed by atoms with van der Waals surface area (Å²) >= 11 is 0. The number of fused-ring (bicyclic) bond motifs is 3. The first-order chi connectivity index (χ1) is 33.1. The van der Waals surface area contributed by atoms with Gasteiger partial charge in [0.15, 0.2) is 17.3 Å². The molecule has 1 fully saturated rings. The molecule has 0 aliphatic carbocycles. The lowest BCUT2D eigenvalue weighted by molar-refractivity contribution is -0.116. The van der Waals surface area contributed by atoms with Crippen LogP contribution in [0, 0.1) is 0 Å². The smallest absolute Gasteiger partial charge is 0.291 e. The first kappa shape index (κ1) is 48.5. The Hall–Kier alpha value is -7.93. The van der Waals surface area contributed by atoms with Crippen LogP contribution in [0.15, 0.2) is 90.5 Å². The Morgan fingerprint density at radius 2 is 1.56 bits per heavy atom. The van der Waals surface area contributed by atoms with E-state index in [1.165, 1.54) is 21.4 Å². The van der Waals surface area contributed by atoms with Crippen molar-refractivity contribution in [1.82, 2.24) is 28.2 Å². The molecule has 0 bridgehead atoms. The van der Waals surface area contributed by atoms with Crippen molar-refractivity contribution < 1.29 is 38.2 Å². The lowest BCUT2D eigenvalue weighted by Gasteiger charge is -2.30. The van der Waals surface area contributed by atoms with Gasteiger partial charge in [-0.05, 0) is 89.9 Å². The number of imidazole rings is 1. The van der Waals surface area contributed by atoms with Crippen molar-refractivity contribution in [3.63, 3.8) is 0 Å². The summed E-state index contributed by atoms with van der Waals surface area (Å²) in [6.07, 6.45) is 9.81. The molecule has 0 unspecified atom stereocenters. The van der Waals surface area contributed by atoms with Crippen LogP contribution >= 0.6 is 0 Å². The monoisotopic (exact) mass is 953 g/mol. The molecule has 70 heavy (non-hydrogen) atoms. The standard InChI is InChI=1S/C51H59N11O8/c1-30-19-35-25-53-37-24-41(42(23-36(37)48(66)62(35)26-30)70-51(5,6)15-18-69-50(2,3)4)68-17-10-11-44(63)56-43-29-60(9)45(57-43)47(65)55-33-21-39(58(7)27-33)46(64)54-34-22-40(59(8)28-34)49(67)61-16-14-31-20-32(52)12-13-38(31)61/h12-14,16,20-25,27-29,35H,1,10-11,15,17-19,26,52H2,2-9H3,(H,54,64)(H,55,65)(H,56,63)/t35-/m0/s1. The summed E-state index contributed by atoms with van der Waals surface area (Å²) < 4.78 is 24.9. The highest BCUT2D eigenvalue weighted by Crippen LogP contribution is 2.40. The number of carbonyl (C=O) groups is 5. The zero-order valence-electron chi connectivity index (χ0n) is 40.7. The van der Waals surface area contributed by atoms with E-state index in [4.69, 9.17) is 19.9 Å². The summed E-state index contributed by atoms with van der Waals surface area (Å²) in [5.41, 5.74) is 9.38. The molecule has 8 rings (SSSR count). The van der Waals surface area contributed by atoms with Crippen LogP contribution in [0.2, 0.25) is 0 Å². The topological polar surface area (TPSA) is 223 Å². The van der Waals surface area contributed by atoms with E-state index in [9.17, 15) is 24.0 Å². The molecule has 6 heterocycles. The van der Waals surface area contributed by atoms with Crippen molar-refractivity contribution in [1.29, 1.82) is 0 Å². The summed E-state index contributed by atoms with van der Waals surface area (Å²) in [6, 6.07) is 13.5. The second kappa shape index (κ2) is 19.2. The van der Waals surface area contributed by atoms with Crippen molar-refractivity contribution >= 4 is 75.2 Å². The Bertz CT molecular complexity index is 3090. The molecule has 19 nitrogen and oxygen atoms in total. The third-order valence-corrected chi connectivity index (χ3v) is 11.9. The van der Waals surface area contributed by atoms with Gasteiger partial charge in [0.05, 0.1) is 53.0 Å². The normalized spacial score (nSPS) is 14.6. The molecule has 5 N–H and O–H groups in total. The van der Waals surface area contributed by atoms with E-state index >= 15 is 0 Å². The summed E-state index contributed by atoms with van der Waals surface area (Å²) in [5.74, 6) is -0.862. The number of hydrogen-bond donors (Lipinski definition) is 4. The number of aliphatic imine (C=N–C) groups is 1.